The van der Waals surface area contributed by atoms with Crippen molar-refractivity contribution in [3.8, 4) is 0 Å². The van der Waals surface area contributed by atoms with Crippen molar-refractivity contribution < 1.29 is 4.79 Å². The van der Waals surface area contributed by atoms with Gasteiger partial charge in [-0.25, -0.2) is 14.2 Å². The van der Waals surface area contributed by atoms with Crippen molar-refractivity contribution in [2.75, 3.05) is 13.1 Å². The summed E-state index contributed by atoms with van der Waals surface area (Å²) >= 11 is 5.80. The summed E-state index contributed by atoms with van der Waals surface area (Å²) in [6.45, 7) is 3.34. The van der Waals surface area contributed by atoms with Crippen LogP contribution in [0.4, 0.5) is 0 Å². The number of piperidine rings is 1. The summed E-state index contributed by atoms with van der Waals surface area (Å²) in [6.07, 6.45) is 1.67. The number of hydrogen-bond acceptors (Lipinski definition) is 5. The summed E-state index contributed by atoms with van der Waals surface area (Å²) in [7, 11) is 1.63. The molecule has 2 aromatic heterocycles. The van der Waals surface area contributed by atoms with Crippen LogP contribution in [0.5, 0.6) is 0 Å². The van der Waals surface area contributed by atoms with E-state index >= 15 is 0 Å². The highest BCUT2D eigenvalue weighted by atomic mass is 35.5. The Morgan fingerprint density at radius 1 is 1.31 bits per heavy atom. The molecule has 3 heterocycles. The van der Waals surface area contributed by atoms with Crippen LogP contribution >= 0.6 is 11.6 Å². The number of nitrogens with zero attached hydrogens (tertiary/aromatic N) is 6. The predicted molar refractivity (Wildman–Crippen MR) is 95.2 cm³/mol. The van der Waals surface area contributed by atoms with Crippen LogP contribution in [0.2, 0.25) is 5.15 Å². The van der Waals surface area contributed by atoms with Crippen molar-refractivity contribution in [1.29, 1.82) is 0 Å². The van der Waals surface area contributed by atoms with Gasteiger partial charge in [0.15, 0.2) is 0 Å². The first-order valence-corrected chi connectivity index (χ1v) is 8.93. The van der Waals surface area contributed by atoms with Gasteiger partial charge < -0.3 is 4.90 Å². The molecular formula is C16H21ClN6O3. The molecule has 3 rings (SSSR count). The van der Waals surface area contributed by atoms with Crippen LogP contribution in [0.1, 0.15) is 31.5 Å². The van der Waals surface area contributed by atoms with Crippen molar-refractivity contribution in [1.82, 2.24) is 29.0 Å². The second-order valence-corrected chi connectivity index (χ2v) is 6.73. The van der Waals surface area contributed by atoms with E-state index in [0.29, 0.717) is 25.5 Å². The van der Waals surface area contributed by atoms with Crippen LogP contribution in [0.3, 0.4) is 0 Å². The van der Waals surface area contributed by atoms with E-state index in [-0.39, 0.29) is 34.8 Å². The number of carbonyl (C=O) groups is 1. The number of aromatic nitrogens is 5. The Bertz CT molecular complexity index is 931. The molecule has 0 unspecified atom stereocenters. The lowest BCUT2D eigenvalue weighted by atomic mass is 9.97. The van der Waals surface area contributed by atoms with Gasteiger partial charge in [-0.2, -0.15) is 10.2 Å². The lowest BCUT2D eigenvalue weighted by Gasteiger charge is -2.32. The van der Waals surface area contributed by atoms with Crippen LogP contribution in [-0.4, -0.2) is 48.0 Å². The van der Waals surface area contributed by atoms with Crippen LogP contribution < -0.4 is 11.2 Å². The van der Waals surface area contributed by atoms with E-state index in [1.807, 2.05) is 6.92 Å². The van der Waals surface area contributed by atoms with E-state index in [0.717, 1.165) is 17.5 Å². The molecule has 0 aliphatic carbocycles. The van der Waals surface area contributed by atoms with E-state index in [4.69, 9.17) is 11.6 Å². The highest BCUT2D eigenvalue weighted by Crippen LogP contribution is 2.25. The molecule has 26 heavy (non-hydrogen) atoms. The van der Waals surface area contributed by atoms with Gasteiger partial charge in [0.1, 0.15) is 17.5 Å². The minimum absolute atomic E-state index is 0.00871. The Morgan fingerprint density at radius 3 is 2.81 bits per heavy atom. The molecule has 0 saturated carbocycles. The molecule has 2 aromatic rings. The average molecular weight is 381 g/mol. The molecule has 1 atom stereocenters. The van der Waals surface area contributed by atoms with Crippen LogP contribution in [0.15, 0.2) is 21.7 Å². The molecule has 1 fully saturated rings. The molecule has 0 radical (unpaired) electrons. The first-order valence-electron chi connectivity index (χ1n) is 8.56. The minimum Gasteiger partial charge on any atom is -0.340 e. The summed E-state index contributed by atoms with van der Waals surface area (Å²) in [5.41, 5.74) is -0.526. The third-order valence-corrected chi connectivity index (χ3v) is 4.81. The van der Waals surface area contributed by atoms with Crippen molar-refractivity contribution >= 4 is 17.5 Å². The largest absolute Gasteiger partial charge is 0.345 e. The van der Waals surface area contributed by atoms with Gasteiger partial charge in [-0.1, -0.05) is 11.6 Å². The summed E-state index contributed by atoms with van der Waals surface area (Å²) in [5, 5.41) is 8.40. The Morgan fingerprint density at radius 2 is 2.08 bits per heavy atom. The Hall–Kier alpha value is -2.42. The van der Waals surface area contributed by atoms with Crippen LogP contribution in [0.25, 0.3) is 0 Å². The monoisotopic (exact) mass is 380 g/mol. The quantitative estimate of drug-likeness (QED) is 0.756. The minimum atomic E-state index is -0.374. The van der Waals surface area contributed by atoms with E-state index in [2.05, 4.69) is 10.2 Å². The Labute approximate surface area is 154 Å². The number of amides is 1. The van der Waals surface area contributed by atoms with Crippen molar-refractivity contribution in [3.05, 3.63) is 43.9 Å². The van der Waals surface area contributed by atoms with E-state index < -0.39 is 0 Å². The van der Waals surface area contributed by atoms with E-state index in [9.17, 15) is 14.4 Å². The molecule has 1 saturated heterocycles. The summed E-state index contributed by atoms with van der Waals surface area (Å²) in [6, 6.07) is 2.68. The zero-order valence-corrected chi connectivity index (χ0v) is 15.5. The molecule has 140 valence electrons. The molecule has 1 amide bonds. The molecule has 0 bridgehead atoms. The van der Waals surface area contributed by atoms with Gasteiger partial charge in [0.25, 0.3) is 5.56 Å². The SMILES string of the molecule is CCn1c([C@@H]2CCCN(C(=O)Cn3nc(Cl)ccc3=O)C2)nn(C)c1=O. The van der Waals surface area contributed by atoms with Crippen molar-refractivity contribution in [2.24, 2.45) is 7.05 Å². The maximum atomic E-state index is 12.6. The standard InChI is InChI=1S/C16H21ClN6O3/c1-3-22-15(19-20(2)16(22)26)11-5-4-8-21(9-11)14(25)10-23-13(24)7-6-12(17)18-23/h6-7,11H,3-5,8-10H2,1-2H3/t11-/m1/s1. The topological polar surface area (TPSA) is 95.0 Å². The van der Waals surface area contributed by atoms with Gasteiger partial charge in [0.05, 0.1) is 0 Å². The van der Waals surface area contributed by atoms with Crippen molar-refractivity contribution in [2.45, 2.75) is 38.8 Å². The van der Waals surface area contributed by atoms with Gasteiger partial charge in [0.2, 0.25) is 5.91 Å². The second-order valence-electron chi connectivity index (χ2n) is 6.34. The molecule has 10 heteroatoms. The number of likely N-dealkylation sites (tertiary alicyclic amines) is 1. The normalized spacial score (nSPS) is 17.5. The maximum Gasteiger partial charge on any atom is 0.345 e. The van der Waals surface area contributed by atoms with Gasteiger partial charge in [-0.3, -0.25) is 14.2 Å². The predicted octanol–water partition coefficient (Wildman–Crippen LogP) is 0.218. The van der Waals surface area contributed by atoms with Gasteiger partial charge >= 0.3 is 5.69 Å². The molecule has 0 spiro atoms. The Balaban J connectivity index is 1.77. The summed E-state index contributed by atoms with van der Waals surface area (Å²) in [5.74, 6) is 0.494. The average Bonchev–Trinajstić information content (AvgIpc) is 2.92. The van der Waals surface area contributed by atoms with Crippen LogP contribution in [0, 0.1) is 0 Å². The fourth-order valence-corrected chi connectivity index (χ4v) is 3.46. The van der Waals surface area contributed by atoms with Crippen LogP contribution in [-0.2, 0) is 24.9 Å². The lowest BCUT2D eigenvalue weighted by molar-refractivity contribution is -0.133. The van der Waals surface area contributed by atoms with Gasteiger partial charge in [-0.05, 0) is 25.8 Å². The highest BCUT2D eigenvalue weighted by molar-refractivity contribution is 6.29. The molecule has 1 aliphatic heterocycles. The molecule has 0 N–H and O–H groups in total. The first kappa shape index (κ1) is 18.4. The zero-order valence-electron chi connectivity index (χ0n) is 14.8. The third-order valence-electron chi connectivity index (χ3n) is 4.61. The van der Waals surface area contributed by atoms with E-state index in [1.54, 1.807) is 16.5 Å². The molecule has 1 aliphatic rings. The smallest absolute Gasteiger partial charge is 0.340 e. The molecule has 0 aromatic carbocycles. The third kappa shape index (κ3) is 3.57. The van der Waals surface area contributed by atoms with E-state index in [1.165, 1.54) is 16.8 Å². The van der Waals surface area contributed by atoms with Gasteiger partial charge in [0, 0.05) is 38.7 Å². The highest BCUT2D eigenvalue weighted by Gasteiger charge is 2.29. The fraction of sp³-hybridized carbons (Fsp3) is 0.562. The zero-order chi connectivity index (χ0) is 18.8. The number of halogens is 1. The van der Waals surface area contributed by atoms with Crippen molar-refractivity contribution in [3.63, 3.8) is 0 Å². The summed E-state index contributed by atoms with van der Waals surface area (Å²) in [4.78, 5) is 38.3. The fourth-order valence-electron chi connectivity index (χ4n) is 3.30. The lowest BCUT2D eigenvalue weighted by Crippen LogP contribution is -2.43. The maximum absolute atomic E-state index is 12.6. The summed E-state index contributed by atoms with van der Waals surface area (Å²) < 4.78 is 4.04. The molecular weight excluding hydrogens is 360 g/mol. The number of rotatable bonds is 4. The molecule has 9 nitrogen and oxygen atoms in total. The second kappa shape index (κ2) is 7.45. The number of hydrogen-bond donors (Lipinski definition) is 0. The Kier molecular flexibility index (Phi) is 5.26. The number of carbonyl (C=O) groups excluding carboxylic acids is 1. The number of aryl methyl sites for hydroxylation is 1. The van der Waals surface area contributed by atoms with Gasteiger partial charge in [-0.15, -0.1) is 0 Å². The first-order chi connectivity index (χ1) is 12.4.